The lowest BCUT2D eigenvalue weighted by Crippen LogP contribution is -2.53. The van der Waals surface area contributed by atoms with Gasteiger partial charge in [0.25, 0.3) is 5.56 Å². The van der Waals surface area contributed by atoms with Crippen LogP contribution < -0.4 is 16.0 Å². The molecule has 0 radical (unpaired) electrons. The molecule has 0 aliphatic rings. The lowest BCUT2D eigenvalue weighted by Gasteiger charge is -2.28. The van der Waals surface area contributed by atoms with Crippen LogP contribution in [-0.2, 0) is 26.4 Å². The van der Waals surface area contributed by atoms with Crippen molar-refractivity contribution in [2.45, 2.75) is 71.2 Å². The van der Waals surface area contributed by atoms with Crippen molar-refractivity contribution in [2.75, 3.05) is 26.9 Å². The molecule has 2 atom stereocenters. The van der Waals surface area contributed by atoms with Gasteiger partial charge in [0.2, 0.25) is 0 Å². The maximum atomic E-state index is 14.6. The van der Waals surface area contributed by atoms with Gasteiger partial charge in [0.1, 0.15) is 38.6 Å². The Kier molecular flexibility index (Phi) is 10.3. The predicted molar refractivity (Wildman–Crippen MR) is 165 cm³/mol. The first-order valence-corrected chi connectivity index (χ1v) is 15.2. The average Bonchev–Trinajstić information content (AvgIpc) is 3.65. The number of aryl methyl sites for hydroxylation is 1. The van der Waals surface area contributed by atoms with Crippen LogP contribution in [0.4, 0.5) is 4.39 Å². The van der Waals surface area contributed by atoms with Crippen molar-refractivity contribution in [1.29, 1.82) is 0 Å². The van der Waals surface area contributed by atoms with E-state index in [-0.39, 0.29) is 34.7 Å². The summed E-state index contributed by atoms with van der Waals surface area (Å²) in [6.45, 7) is 6.64. The molecule has 0 amide bonds. The highest BCUT2D eigenvalue weighted by molar-refractivity contribution is 7.21. The van der Waals surface area contributed by atoms with Crippen LogP contribution in [0.25, 0.3) is 15.2 Å². The number of esters is 1. The van der Waals surface area contributed by atoms with Crippen LogP contribution in [0.5, 0.6) is 5.75 Å². The Hall–Kier alpha value is -3.92. The number of aliphatic hydroxyl groups is 2. The number of halogens is 1. The van der Waals surface area contributed by atoms with Gasteiger partial charge in [-0.1, -0.05) is 24.7 Å². The number of nitrogens with zero attached hydrogens (tertiary/aromatic N) is 5. The van der Waals surface area contributed by atoms with E-state index in [0.717, 1.165) is 22.3 Å². The molecule has 244 valence electrons. The molecule has 0 saturated heterocycles. The molecule has 0 bridgehead atoms. The molecule has 0 saturated carbocycles. The standard InChI is InChI=1S/C30H38FN5O8S/c1-7-8-13-43-27(39)29(3,4)35-24(38)23-18(2)25(36-32-11-12-33-36)45-26(23)34(28(35)40)15-22(44-17-30(5,41)16-37)20-14-19(31)9-10-21(20)42-6/h9-12,14,22,37,41H,7-8,13,15-17H2,1-6H3/t22-,30?/m0/s1. The molecule has 3 aromatic heterocycles. The van der Waals surface area contributed by atoms with E-state index in [0.29, 0.717) is 17.0 Å². The molecular weight excluding hydrogens is 609 g/mol. The number of ether oxygens (including phenoxy) is 3. The first-order valence-electron chi connectivity index (χ1n) is 14.4. The molecule has 13 nitrogen and oxygen atoms in total. The van der Waals surface area contributed by atoms with Crippen molar-refractivity contribution < 1.29 is 33.6 Å². The number of methoxy groups -OCH3 is 1. The second kappa shape index (κ2) is 13.6. The van der Waals surface area contributed by atoms with E-state index >= 15 is 0 Å². The third kappa shape index (κ3) is 6.85. The van der Waals surface area contributed by atoms with Gasteiger partial charge in [-0.2, -0.15) is 10.2 Å². The van der Waals surface area contributed by atoms with Crippen molar-refractivity contribution in [1.82, 2.24) is 24.1 Å². The number of aliphatic hydroxyl groups excluding tert-OH is 1. The summed E-state index contributed by atoms with van der Waals surface area (Å²) in [6.07, 6.45) is 3.19. The van der Waals surface area contributed by atoms with Gasteiger partial charge in [-0.05, 0) is 52.3 Å². The smallest absolute Gasteiger partial charge is 0.333 e. The number of thiophene rings is 1. The third-order valence-corrected chi connectivity index (χ3v) is 8.68. The second-order valence-electron chi connectivity index (χ2n) is 11.5. The number of benzene rings is 1. The van der Waals surface area contributed by atoms with Crippen LogP contribution in [0.15, 0.2) is 40.2 Å². The van der Waals surface area contributed by atoms with Crippen molar-refractivity contribution in [2.24, 2.45) is 0 Å². The van der Waals surface area contributed by atoms with E-state index in [1.807, 2.05) is 6.92 Å². The Labute approximate surface area is 262 Å². The number of hydrogen-bond donors (Lipinski definition) is 2. The second-order valence-corrected chi connectivity index (χ2v) is 12.4. The van der Waals surface area contributed by atoms with Gasteiger partial charge in [0.05, 0.1) is 51.3 Å². The van der Waals surface area contributed by atoms with Crippen LogP contribution in [-0.4, -0.2) is 72.8 Å². The molecule has 15 heteroatoms. The fourth-order valence-corrected chi connectivity index (χ4v) is 5.99. The molecule has 4 aromatic rings. The summed E-state index contributed by atoms with van der Waals surface area (Å²) < 4.78 is 33.6. The van der Waals surface area contributed by atoms with Gasteiger partial charge in [-0.25, -0.2) is 18.5 Å². The Bertz CT molecular complexity index is 1780. The average molecular weight is 648 g/mol. The van der Waals surface area contributed by atoms with Crippen molar-refractivity contribution in [3.63, 3.8) is 0 Å². The normalized spacial score (nSPS) is 14.0. The van der Waals surface area contributed by atoms with E-state index in [4.69, 9.17) is 14.2 Å². The Morgan fingerprint density at radius 1 is 1.18 bits per heavy atom. The van der Waals surface area contributed by atoms with E-state index in [1.54, 1.807) is 6.92 Å². The zero-order valence-electron chi connectivity index (χ0n) is 26.1. The minimum Gasteiger partial charge on any atom is -0.496 e. The highest BCUT2D eigenvalue weighted by Crippen LogP contribution is 2.34. The summed E-state index contributed by atoms with van der Waals surface area (Å²) in [4.78, 5) is 43.3. The number of fused-ring (bicyclic) bond motifs is 1. The van der Waals surface area contributed by atoms with E-state index in [2.05, 4.69) is 10.2 Å². The number of aromatic nitrogens is 5. The molecule has 45 heavy (non-hydrogen) atoms. The van der Waals surface area contributed by atoms with Gasteiger partial charge in [0, 0.05) is 11.1 Å². The van der Waals surface area contributed by atoms with Gasteiger partial charge in [-0.15, -0.1) is 4.80 Å². The van der Waals surface area contributed by atoms with Crippen molar-refractivity contribution in [3.8, 4) is 10.8 Å². The zero-order valence-corrected chi connectivity index (χ0v) is 26.9. The summed E-state index contributed by atoms with van der Waals surface area (Å²) in [6, 6.07) is 3.78. The largest absolute Gasteiger partial charge is 0.496 e. The molecular formula is C30H38FN5O8S. The van der Waals surface area contributed by atoms with Crippen LogP contribution in [0.1, 0.15) is 57.8 Å². The van der Waals surface area contributed by atoms with Crippen LogP contribution in [0.2, 0.25) is 0 Å². The molecule has 0 fully saturated rings. The maximum Gasteiger partial charge on any atom is 0.333 e. The molecule has 1 unspecified atom stereocenters. The molecule has 4 rings (SSSR count). The fraction of sp³-hybridized carbons (Fsp3) is 0.500. The highest BCUT2D eigenvalue weighted by Gasteiger charge is 2.37. The van der Waals surface area contributed by atoms with Crippen molar-refractivity contribution in [3.05, 3.63) is 68.4 Å². The Morgan fingerprint density at radius 3 is 2.49 bits per heavy atom. The fourth-order valence-electron chi connectivity index (χ4n) is 4.77. The van der Waals surface area contributed by atoms with Gasteiger partial charge < -0.3 is 24.4 Å². The first kappa shape index (κ1) is 34.0. The lowest BCUT2D eigenvalue weighted by atomic mass is 10.0. The number of carbonyl (C=O) groups excluding carboxylic acids is 1. The van der Waals surface area contributed by atoms with Crippen molar-refractivity contribution >= 4 is 27.5 Å². The number of rotatable bonds is 14. The van der Waals surface area contributed by atoms with E-state index in [1.165, 1.54) is 67.8 Å². The van der Waals surface area contributed by atoms with Gasteiger partial charge in [0.15, 0.2) is 0 Å². The molecule has 2 N–H and O–H groups in total. The molecule has 0 aliphatic carbocycles. The van der Waals surface area contributed by atoms with Crippen LogP contribution in [0, 0.1) is 12.7 Å². The lowest BCUT2D eigenvalue weighted by molar-refractivity contribution is -0.153. The number of carbonyl (C=O) groups is 1. The Morgan fingerprint density at radius 2 is 1.87 bits per heavy atom. The minimum atomic E-state index is -1.72. The minimum absolute atomic E-state index is 0.122. The number of unbranched alkanes of at least 4 members (excludes halogenated alkanes) is 1. The number of hydrogen-bond acceptors (Lipinski definition) is 11. The van der Waals surface area contributed by atoms with E-state index in [9.17, 15) is 29.0 Å². The predicted octanol–water partition coefficient (Wildman–Crippen LogP) is 2.84. The maximum absolute atomic E-state index is 14.6. The third-order valence-electron chi connectivity index (χ3n) is 7.40. The van der Waals surface area contributed by atoms with Gasteiger partial charge >= 0.3 is 11.7 Å². The molecule has 0 aliphatic heterocycles. The molecule has 1 aromatic carbocycles. The topological polar surface area (TPSA) is 160 Å². The van der Waals surface area contributed by atoms with Crippen LogP contribution in [0.3, 0.4) is 0 Å². The zero-order chi connectivity index (χ0) is 33.1. The summed E-state index contributed by atoms with van der Waals surface area (Å²) in [5.74, 6) is -1.13. The molecule has 3 heterocycles. The SMILES string of the molecule is CCCCOC(=O)C(C)(C)n1c(=O)c2c(C)c(-n3nccn3)sc2n(C[C@H](OCC(C)(O)CO)c2cc(F)ccc2OC)c1=O. The Balaban J connectivity index is 2.00. The van der Waals surface area contributed by atoms with Crippen LogP contribution >= 0.6 is 11.3 Å². The quantitative estimate of drug-likeness (QED) is 0.154. The first-order chi connectivity index (χ1) is 21.3. The summed E-state index contributed by atoms with van der Waals surface area (Å²) in [5, 5.41) is 29.1. The van der Waals surface area contributed by atoms with Gasteiger partial charge in [-0.3, -0.25) is 9.36 Å². The summed E-state index contributed by atoms with van der Waals surface area (Å²) in [7, 11) is 1.39. The molecule has 0 spiro atoms. The summed E-state index contributed by atoms with van der Waals surface area (Å²) in [5.41, 5.74) is -4.25. The van der Waals surface area contributed by atoms with E-state index < -0.39 is 53.5 Å². The summed E-state index contributed by atoms with van der Waals surface area (Å²) >= 11 is 1.08. The monoisotopic (exact) mass is 647 g/mol. The highest BCUT2D eigenvalue weighted by atomic mass is 32.1.